The molecule has 4 nitrogen and oxygen atoms in total. The van der Waals surface area contributed by atoms with Gasteiger partial charge in [0, 0.05) is 14.8 Å². The summed E-state index contributed by atoms with van der Waals surface area (Å²) >= 11 is 8.58. The van der Waals surface area contributed by atoms with Crippen LogP contribution in [0.25, 0.3) is 0 Å². The van der Waals surface area contributed by atoms with Crippen LogP contribution < -0.4 is 11.1 Å². The summed E-state index contributed by atoms with van der Waals surface area (Å²) in [6.07, 6.45) is 0. The van der Waals surface area contributed by atoms with Crippen molar-refractivity contribution in [3.63, 3.8) is 0 Å². The van der Waals surface area contributed by atoms with Crippen molar-refractivity contribution in [2.24, 2.45) is 5.73 Å². The van der Waals surface area contributed by atoms with Crippen molar-refractivity contribution < 1.29 is 9.59 Å². The lowest BCUT2D eigenvalue weighted by Gasteiger charge is -2.05. The van der Waals surface area contributed by atoms with Gasteiger partial charge < -0.3 is 11.1 Å². The Balaban J connectivity index is 2.02. The van der Waals surface area contributed by atoms with E-state index in [2.05, 4.69) is 5.32 Å². The molecule has 0 spiro atoms. The van der Waals surface area contributed by atoms with E-state index in [9.17, 15) is 9.59 Å². The fourth-order valence-corrected chi connectivity index (χ4v) is 3.76. The number of carbonyl (C=O) groups is 2. The van der Waals surface area contributed by atoms with Gasteiger partial charge in [0.25, 0.3) is 5.91 Å². The third kappa shape index (κ3) is 4.03. The van der Waals surface area contributed by atoms with Crippen molar-refractivity contribution in [2.75, 3.05) is 11.1 Å². The minimum atomic E-state index is -0.525. The van der Waals surface area contributed by atoms with E-state index in [0.717, 1.165) is 15.3 Å². The number of thioether (sulfide) groups is 1. The van der Waals surface area contributed by atoms with E-state index in [1.807, 2.05) is 26.0 Å². The van der Waals surface area contributed by atoms with Crippen molar-refractivity contribution in [2.45, 2.75) is 18.7 Å². The number of amides is 2. The highest BCUT2D eigenvalue weighted by Gasteiger charge is 2.18. The van der Waals surface area contributed by atoms with Gasteiger partial charge in [0.15, 0.2) is 0 Å². The SMILES string of the molecule is Cc1sc(NC(=O)CSc2ccc(Cl)cc2)c(C(N)=O)c1C. The largest absolute Gasteiger partial charge is 0.365 e. The molecule has 1 aromatic carbocycles. The number of thiophene rings is 1. The zero-order valence-corrected chi connectivity index (χ0v) is 14.5. The number of anilines is 1. The van der Waals surface area contributed by atoms with Crippen LogP contribution in [0, 0.1) is 13.8 Å². The van der Waals surface area contributed by atoms with Gasteiger partial charge >= 0.3 is 0 Å². The van der Waals surface area contributed by atoms with E-state index in [1.54, 1.807) is 12.1 Å². The van der Waals surface area contributed by atoms with Gasteiger partial charge in [-0.3, -0.25) is 9.59 Å². The minimum absolute atomic E-state index is 0.177. The molecule has 0 atom stereocenters. The van der Waals surface area contributed by atoms with E-state index < -0.39 is 5.91 Å². The Morgan fingerprint density at radius 3 is 2.50 bits per heavy atom. The number of rotatable bonds is 5. The molecular formula is C15H15ClN2O2S2. The summed E-state index contributed by atoms with van der Waals surface area (Å²) in [5.74, 6) is -0.457. The van der Waals surface area contributed by atoms with Gasteiger partial charge in [-0.2, -0.15) is 0 Å². The molecule has 0 bridgehead atoms. The van der Waals surface area contributed by atoms with E-state index in [1.165, 1.54) is 23.1 Å². The summed E-state index contributed by atoms with van der Waals surface area (Å²) in [7, 11) is 0. The Kier molecular flexibility index (Phi) is 5.50. The smallest absolute Gasteiger partial charge is 0.251 e. The van der Waals surface area contributed by atoms with Gasteiger partial charge in [0.05, 0.1) is 11.3 Å². The van der Waals surface area contributed by atoms with Crippen molar-refractivity contribution in [3.05, 3.63) is 45.3 Å². The molecule has 0 radical (unpaired) electrons. The second kappa shape index (κ2) is 7.17. The number of aryl methyl sites for hydroxylation is 1. The van der Waals surface area contributed by atoms with Crippen LogP contribution in [0.3, 0.4) is 0 Å². The van der Waals surface area contributed by atoms with Crippen molar-refractivity contribution in [1.29, 1.82) is 0 Å². The molecule has 2 amide bonds. The predicted octanol–water partition coefficient (Wildman–Crippen LogP) is 3.85. The number of nitrogens with one attached hydrogen (secondary N) is 1. The Morgan fingerprint density at radius 1 is 1.27 bits per heavy atom. The van der Waals surface area contributed by atoms with Crippen LogP contribution in [0.5, 0.6) is 0 Å². The lowest BCUT2D eigenvalue weighted by molar-refractivity contribution is -0.113. The highest BCUT2D eigenvalue weighted by Crippen LogP contribution is 2.32. The van der Waals surface area contributed by atoms with E-state index in [0.29, 0.717) is 15.6 Å². The number of halogens is 1. The van der Waals surface area contributed by atoms with Crippen LogP contribution in [-0.4, -0.2) is 17.6 Å². The van der Waals surface area contributed by atoms with Gasteiger partial charge in [0.1, 0.15) is 5.00 Å². The average Bonchev–Trinajstić information content (AvgIpc) is 2.73. The molecule has 3 N–H and O–H groups in total. The first-order chi connectivity index (χ1) is 10.4. The second-order valence-corrected chi connectivity index (χ2v) is 7.35. The first kappa shape index (κ1) is 16.9. The van der Waals surface area contributed by atoms with Gasteiger partial charge in [-0.15, -0.1) is 23.1 Å². The molecule has 1 heterocycles. The van der Waals surface area contributed by atoms with Gasteiger partial charge in [0.2, 0.25) is 5.91 Å². The van der Waals surface area contributed by atoms with Crippen LogP contribution in [0.15, 0.2) is 29.2 Å². The zero-order chi connectivity index (χ0) is 16.3. The fourth-order valence-electron chi connectivity index (χ4n) is 1.85. The molecule has 0 aliphatic rings. The maximum Gasteiger partial charge on any atom is 0.251 e. The van der Waals surface area contributed by atoms with E-state index in [-0.39, 0.29) is 11.7 Å². The highest BCUT2D eigenvalue weighted by atomic mass is 35.5. The first-order valence-corrected chi connectivity index (χ1v) is 8.64. The number of benzene rings is 1. The molecule has 1 aromatic heterocycles. The summed E-state index contributed by atoms with van der Waals surface area (Å²) in [5, 5.41) is 3.94. The maximum absolute atomic E-state index is 12.0. The lowest BCUT2D eigenvalue weighted by atomic mass is 10.1. The second-order valence-electron chi connectivity index (χ2n) is 4.64. The molecule has 7 heteroatoms. The Labute approximate surface area is 142 Å². The Hall–Kier alpha value is -1.50. The molecule has 0 fully saturated rings. The molecule has 2 aromatic rings. The lowest BCUT2D eigenvalue weighted by Crippen LogP contribution is -2.18. The molecule has 0 unspecified atom stereocenters. The Morgan fingerprint density at radius 2 is 1.91 bits per heavy atom. The van der Waals surface area contributed by atoms with Crippen LogP contribution in [0.4, 0.5) is 5.00 Å². The van der Waals surface area contributed by atoms with Gasteiger partial charge in [-0.25, -0.2) is 0 Å². The number of hydrogen-bond donors (Lipinski definition) is 2. The monoisotopic (exact) mass is 354 g/mol. The summed E-state index contributed by atoms with van der Waals surface area (Å²) in [5.41, 5.74) is 6.60. The van der Waals surface area contributed by atoms with Crippen molar-refractivity contribution in [1.82, 2.24) is 0 Å². The number of primary amides is 1. The van der Waals surface area contributed by atoms with Gasteiger partial charge in [-0.1, -0.05) is 11.6 Å². The van der Waals surface area contributed by atoms with E-state index >= 15 is 0 Å². The summed E-state index contributed by atoms with van der Waals surface area (Å²) in [6.45, 7) is 3.72. The summed E-state index contributed by atoms with van der Waals surface area (Å²) < 4.78 is 0. The molecule has 22 heavy (non-hydrogen) atoms. The normalized spacial score (nSPS) is 10.5. The summed E-state index contributed by atoms with van der Waals surface area (Å²) in [6, 6.07) is 7.26. The summed E-state index contributed by atoms with van der Waals surface area (Å²) in [4.78, 5) is 25.5. The standard InChI is InChI=1S/C15H15ClN2O2S2/c1-8-9(2)22-15(13(8)14(17)20)18-12(19)7-21-11-5-3-10(16)4-6-11/h3-6H,7H2,1-2H3,(H2,17,20)(H,18,19). The minimum Gasteiger partial charge on any atom is -0.365 e. The molecule has 2 rings (SSSR count). The van der Waals surface area contributed by atoms with Crippen LogP contribution >= 0.6 is 34.7 Å². The van der Waals surface area contributed by atoms with Crippen molar-refractivity contribution in [3.8, 4) is 0 Å². The van der Waals surface area contributed by atoms with Crippen LogP contribution in [-0.2, 0) is 4.79 Å². The topological polar surface area (TPSA) is 72.2 Å². The fraction of sp³-hybridized carbons (Fsp3) is 0.200. The van der Waals surface area contributed by atoms with Crippen molar-refractivity contribution >= 4 is 51.5 Å². The number of nitrogens with two attached hydrogens (primary N) is 1. The molecule has 0 aliphatic carbocycles. The zero-order valence-electron chi connectivity index (χ0n) is 12.1. The van der Waals surface area contributed by atoms with Crippen LogP contribution in [0.1, 0.15) is 20.8 Å². The molecule has 116 valence electrons. The number of carbonyl (C=O) groups excluding carboxylic acids is 2. The molecule has 0 saturated carbocycles. The molecule has 0 aliphatic heterocycles. The van der Waals surface area contributed by atoms with Crippen LogP contribution in [0.2, 0.25) is 5.02 Å². The predicted molar refractivity (Wildman–Crippen MR) is 93.1 cm³/mol. The number of hydrogen-bond acceptors (Lipinski definition) is 4. The quantitative estimate of drug-likeness (QED) is 0.801. The Bertz CT molecular complexity index is 711. The maximum atomic E-state index is 12.0. The molecular weight excluding hydrogens is 340 g/mol. The first-order valence-electron chi connectivity index (χ1n) is 6.46. The highest BCUT2D eigenvalue weighted by molar-refractivity contribution is 8.00. The third-order valence-electron chi connectivity index (χ3n) is 3.07. The third-order valence-corrected chi connectivity index (χ3v) is 5.45. The average molecular weight is 355 g/mol. The van der Waals surface area contributed by atoms with Gasteiger partial charge in [-0.05, 0) is 43.7 Å². The molecule has 0 saturated heterocycles. The van der Waals surface area contributed by atoms with E-state index in [4.69, 9.17) is 17.3 Å².